The standard InChI is InChI=1S/C13H9N.C11H14O3/c14-10-11-6-8-13(9-7-11)12-4-2-1-3-5-12;1-2-14-8-7-9-3-5-10(6-4-9)11(12)13/h1-9H;3-6H,2,7-8H2,1H3,(H,12,13). The Labute approximate surface area is 165 Å². The minimum Gasteiger partial charge on any atom is -0.478 e. The van der Waals surface area contributed by atoms with Gasteiger partial charge in [0, 0.05) is 6.61 Å². The Morgan fingerprint density at radius 3 is 2.07 bits per heavy atom. The van der Waals surface area contributed by atoms with E-state index in [0.29, 0.717) is 24.3 Å². The molecule has 28 heavy (non-hydrogen) atoms. The molecule has 0 saturated carbocycles. The molecule has 0 radical (unpaired) electrons. The molecule has 0 atom stereocenters. The number of nitriles is 1. The lowest BCUT2D eigenvalue weighted by atomic mass is 10.0. The third-order valence-corrected chi connectivity index (χ3v) is 4.06. The van der Waals surface area contributed by atoms with E-state index in [1.807, 2.05) is 61.5 Å². The maximum Gasteiger partial charge on any atom is 0.335 e. The van der Waals surface area contributed by atoms with Gasteiger partial charge in [0.25, 0.3) is 0 Å². The van der Waals surface area contributed by atoms with Crippen LogP contribution < -0.4 is 0 Å². The molecule has 0 aliphatic carbocycles. The second-order valence-electron chi connectivity index (χ2n) is 6.00. The molecule has 142 valence electrons. The van der Waals surface area contributed by atoms with Crippen molar-refractivity contribution >= 4 is 5.97 Å². The van der Waals surface area contributed by atoms with E-state index in [2.05, 4.69) is 18.2 Å². The van der Waals surface area contributed by atoms with Gasteiger partial charge in [-0.2, -0.15) is 5.26 Å². The van der Waals surface area contributed by atoms with Crippen molar-refractivity contribution in [3.8, 4) is 17.2 Å². The van der Waals surface area contributed by atoms with Crippen LogP contribution in [0.2, 0.25) is 0 Å². The van der Waals surface area contributed by atoms with Crippen LogP contribution in [0.25, 0.3) is 11.1 Å². The Bertz CT molecular complexity index is 895. The topological polar surface area (TPSA) is 70.3 Å². The Hall–Kier alpha value is -3.42. The average Bonchev–Trinajstić information content (AvgIpc) is 2.75. The van der Waals surface area contributed by atoms with Gasteiger partial charge in [0.15, 0.2) is 0 Å². The minimum atomic E-state index is -0.888. The fourth-order valence-corrected chi connectivity index (χ4v) is 2.52. The van der Waals surface area contributed by atoms with E-state index in [0.717, 1.165) is 17.5 Å². The molecule has 4 nitrogen and oxygen atoms in total. The quantitative estimate of drug-likeness (QED) is 0.604. The van der Waals surface area contributed by atoms with Crippen LogP contribution in [-0.4, -0.2) is 24.3 Å². The van der Waals surface area contributed by atoms with E-state index < -0.39 is 5.97 Å². The highest BCUT2D eigenvalue weighted by molar-refractivity contribution is 5.87. The Morgan fingerprint density at radius 2 is 1.54 bits per heavy atom. The van der Waals surface area contributed by atoms with Gasteiger partial charge in [-0.15, -0.1) is 0 Å². The molecule has 3 aromatic carbocycles. The molecule has 1 N–H and O–H groups in total. The van der Waals surface area contributed by atoms with Crippen molar-refractivity contribution < 1.29 is 14.6 Å². The maximum atomic E-state index is 10.5. The summed E-state index contributed by atoms with van der Waals surface area (Å²) in [5.41, 5.74) is 4.44. The first-order chi connectivity index (χ1) is 13.6. The molecule has 0 aromatic heterocycles. The summed E-state index contributed by atoms with van der Waals surface area (Å²) in [7, 11) is 0. The van der Waals surface area contributed by atoms with E-state index in [4.69, 9.17) is 15.1 Å². The number of hydrogen-bond acceptors (Lipinski definition) is 3. The van der Waals surface area contributed by atoms with E-state index in [-0.39, 0.29) is 0 Å². The van der Waals surface area contributed by atoms with Crippen molar-refractivity contribution in [1.82, 2.24) is 0 Å². The van der Waals surface area contributed by atoms with Crippen LogP contribution in [0.3, 0.4) is 0 Å². The van der Waals surface area contributed by atoms with Gasteiger partial charge in [0.05, 0.1) is 23.8 Å². The van der Waals surface area contributed by atoms with Crippen LogP contribution in [0, 0.1) is 11.3 Å². The van der Waals surface area contributed by atoms with Gasteiger partial charge < -0.3 is 9.84 Å². The lowest BCUT2D eigenvalue weighted by Crippen LogP contribution is -1.99. The van der Waals surface area contributed by atoms with Crippen LogP contribution in [0.1, 0.15) is 28.4 Å². The number of carboxylic acid groups (broad SMARTS) is 1. The second-order valence-corrected chi connectivity index (χ2v) is 6.00. The van der Waals surface area contributed by atoms with Crippen molar-refractivity contribution in [2.45, 2.75) is 13.3 Å². The van der Waals surface area contributed by atoms with Crippen LogP contribution in [0.15, 0.2) is 78.9 Å². The lowest BCUT2D eigenvalue weighted by Gasteiger charge is -2.02. The number of benzene rings is 3. The number of aromatic carboxylic acids is 1. The average molecular weight is 373 g/mol. The molecule has 3 aromatic rings. The minimum absolute atomic E-state index is 0.324. The second kappa shape index (κ2) is 11.3. The largest absolute Gasteiger partial charge is 0.478 e. The van der Waals surface area contributed by atoms with Gasteiger partial charge in [-0.3, -0.25) is 0 Å². The summed E-state index contributed by atoms with van der Waals surface area (Å²) in [6.07, 6.45) is 0.827. The predicted octanol–water partition coefficient (Wildman–Crippen LogP) is 5.19. The van der Waals surface area contributed by atoms with Crippen LogP contribution >= 0.6 is 0 Å². The van der Waals surface area contributed by atoms with E-state index >= 15 is 0 Å². The third kappa shape index (κ3) is 6.71. The molecule has 3 rings (SSSR count). The van der Waals surface area contributed by atoms with Gasteiger partial charge in [0.1, 0.15) is 0 Å². The van der Waals surface area contributed by atoms with Gasteiger partial charge in [-0.05, 0) is 54.3 Å². The van der Waals surface area contributed by atoms with Crippen molar-refractivity contribution in [1.29, 1.82) is 5.26 Å². The molecule has 0 spiro atoms. The first kappa shape index (κ1) is 20.9. The Morgan fingerprint density at radius 1 is 0.929 bits per heavy atom. The highest BCUT2D eigenvalue weighted by atomic mass is 16.5. The lowest BCUT2D eigenvalue weighted by molar-refractivity contribution is 0.0697. The normalized spacial score (nSPS) is 9.71. The summed E-state index contributed by atoms with van der Waals surface area (Å²) in [6.45, 7) is 3.35. The van der Waals surface area contributed by atoms with Gasteiger partial charge in [0.2, 0.25) is 0 Å². The number of carbonyl (C=O) groups is 1. The van der Waals surface area contributed by atoms with E-state index in [1.165, 1.54) is 5.56 Å². The number of rotatable bonds is 6. The van der Waals surface area contributed by atoms with Crippen molar-refractivity contribution in [3.05, 3.63) is 95.6 Å². The molecule has 0 unspecified atom stereocenters. The van der Waals surface area contributed by atoms with Crippen LogP contribution in [0.5, 0.6) is 0 Å². The van der Waals surface area contributed by atoms with E-state index in [1.54, 1.807) is 12.1 Å². The molecule has 0 saturated heterocycles. The highest BCUT2D eigenvalue weighted by Crippen LogP contribution is 2.18. The zero-order valence-electron chi connectivity index (χ0n) is 15.8. The molecule has 0 amide bonds. The fraction of sp³-hybridized carbons (Fsp3) is 0.167. The van der Waals surface area contributed by atoms with Crippen molar-refractivity contribution in [2.24, 2.45) is 0 Å². The number of nitrogens with zero attached hydrogens (tertiary/aromatic N) is 1. The molecule has 0 aliphatic rings. The Kier molecular flexibility index (Phi) is 8.45. The SMILES string of the molecule is CCOCCc1ccc(C(=O)O)cc1.N#Cc1ccc(-c2ccccc2)cc1. The smallest absolute Gasteiger partial charge is 0.335 e. The van der Waals surface area contributed by atoms with Gasteiger partial charge in [-0.25, -0.2) is 4.79 Å². The molecule has 0 bridgehead atoms. The molecular formula is C24H23NO3. The predicted molar refractivity (Wildman–Crippen MR) is 110 cm³/mol. The highest BCUT2D eigenvalue weighted by Gasteiger charge is 2.01. The zero-order valence-corrected chi connectivity index (χ0v) is 15.8. The third-order valence-electron chi connectivity index (χ3n) is 4.06. The number of carboxylic acids is 1. The van der Waals surface area contributed by atoms with Gasteiger partial charge in [-0.1, -0.05) is 54.6 Å². The first-order valence-electron chi connectivity index (χ1n) is 9.09. The van der Waals surface area contributed by atoms with Crippen molar-refractivity contribution in [3.63, 3.8) is 0 Å². The number of ether oxygens (including phenoxy) is 1. The molecular weight excluding hydrogens is 350 g/mol. The van der Waals surface area contributed by atoms with Crippen LogP contribution in [0.4, 0.5) is 0 Å². The van der Waals surface area contributed by atoms with Gasteiger partial charge >= 0.3 is 5.97 Å². The molecule has 4 heteroatoms. The van der Waals surface area contributed by atoms with Crippen LogP contribution in [-0.2, 0) is 11.2 Å². The summed E-state index contributed by atoms with van der Waals surface area (Å²) in [5, 5.41) is 17.3. The molecule has 0 heterocycles. The first-order valence-corrected chi connectivity index (χ1v) is 9.09. The molecule has 0 fully saturated rings. The zero-order chi connectivity index (χ0) is 20.2. The van der Waals surface area contributed by atoms with Crippen molar-refractivity contribution in [2.75, 3.05) is 13.2 Å². The molecule has 0 aliphatic heterocycles. The fourth-order valence-electron chi connectivity index (χ4n) is 2.52. The maximum absolute atomic E-state index is 10.5. The summed E-state index contributed by atoms with van der Waals surface area (Å²) >= 11 is 0. The summed E-state index contributed by atoms with van der Waals surface area (Å²) in [5.74, 6) is -0.888. The summed E-state index contributed by atoms with van der Waals surface area (Å²) in [4.78, 5) is 10.5. The van der Waals surface area contributed by atoms with E-state index in [9.17, 15) is 4.79 Å². The Balaban J connectivity index is 0.000000200. The number of hydrogen-bond donors (Lipinski definition) is 1. The summed E-state index contributed by atoms with van der Waals surface area (Å²) in [6, 6.07) is 26.7. The summed E-state index contributed by atoms with van der Waals surface area (Å²) < 4.78 is 5.20. The monoisotopic (exact) mass is 373 g/mol.